The van der Waals surface area contributed by atoms with Gasteiger partial charge in [0.15, 0.2) is 0 Å². The van der Waals surface area contributed by atoms with Crippen LogP contribution in [0.25, 0.3) is 10.4 Å². The zero-order valence-electron chi connectivity index (χ0n) is 16.6. The van der Waals surface area contributed by atoms with Gasteiger partial charge in [0.05, 0.1) is 9.88 Å². The molecule has 0 aliphatic heterocycles. The quantitative estimate of drug-likeness (QED) is 0.425. The summed E-state index contributed by atoms with van der Waals surface area (Å²) in [6.07, 6.45) is 7.95. The summed E-state index contributed by atoms with van der Waals surface area (Å²) in [6.45, 7) is 2.97. The molecule has 156 valence electrons. The Morgan fingerprint density at radius 2 is 2.07 bits per heavy atom. The number of carbonyl (C=O) groups excluding carboxylic acids is 1. The molecular weight excluding hydrogens is 404 g/mol. The van der Waals surface area contributed by atoms with Crippen LogP contribution in [0.1, 0.15) is 56.4 Å². The van der Waals surface area contributed by atoms with Crippen LogP contribution in [-0.2, 0) is 4.74 Å². The second-order valence-corrected chi connectivity index (χ2v) is 9.71. The Labute approximate surface area is 180 Å². The van der Waals surface area contributed by atoms with Crippen molar-refractivity contribution in [2.45, 2.75) is 68.4 Å². The van der Waals surface area contributed by atoms with Crippen molar-refractivity contribution in [3.8, 4) is 10.4 Å². The Kier molecular flexibility index (Phi) is 6.62. The third-order valence-corrected chi connectivity index (χ3v) is 7.50. The van der Waals surface area contributed by atoms with E-state index in [0.717, 1.165) is 55.7 Å². The van der Waals surface area contributed by atoms with E-state index in [1.165, 1.54) is 15.4 Å². The molecule has 1 heterocycles. The number of alkyl carbamates (subject to hydrolysis) is 1. The number of nitrogens with two attached hydrogens (primary N) is 1. The number of amides is 1. The van der Waals surface area contributed by atoms with Crippen molar-refractivity contribution in [3.63, 3.8) is 0 Å². The van der Waals surface area contributed by atoms with Gasteiger partial charge in [0, 0.05) is 40.8 Å². The van der Waals surface area contributed by atoms with Crippen LogP contribution < -0.4 is 15.8 Å². The number of benzene rings is 1. The maximum absolute atomic E-state index is 11.8. The zero-order chi connectivity index (χ0) is 20.2. The Morgan fingerprint density at radius 3 is 2.79 bits per heavy atom. The number of nitrogens with one attached hydrogen (secondary N) is 2. The van der Waals surface area contributed by atoms with Gasteiger partial charge in [-0.05, 0) is 62.6 Å². The van der Waals surface area contributed by atoms with Crippen molar-refractivity contribution < 1.29 is 9.53 Å². The lowest BCUT2D eigenvalue weighted by Gasteiger charge is -2.27. The van der Waals surface area contributed by atoms with Crippen LogP contribution in [0.15, 0.2) is 29.3 Å². The van der Waals surface area contributed by atoms with Crippen molar-refractivity contribution >= 4 is 35.1 Å². The number of hydrogen-bond acceptors (Lipinski definition) is 7. The van der Waals surface area contributed by atoms with Crippen LogP contribution in [0.5, 0.6) is 0 Å². The van der Waals surface area contributed by atoms with Crippen molar-refractivity contribution in [1.29, 1.82) is 0 Å². The molecule has 4 rings (SSSR count). The van der Waals surface area contributed by atoms with Crippen LogP contribution >= 0.6 is 23.3 Å². The lowest BCUT2D eigenvalue weighted by molar-refractivity contribution is 0.132. The van der Waals surface area contributed by atoms with Gasteiger partial charge in [-0.2, -0.15) is 0 Å². The van der Waals surface area contributed by atoms with Gasteiger partial charge in [-0.1, -0.05) is 13.0 Å². The van der Waals surface area contributed by atoms with E-state index < -0.39 is 0 Å². The molecule has 0 atom stereocenters. The Morgan fingerprint density at radius 1 is 1.28 bits per heavy atom. The third-order valence-electron chi connectivity index (χ3n) is 5.32. The monoisotopic (exact) mass is 432 g/mol. The summed E-state index contributed by atoms with van der Waals surface area (Å²) in [5.74, 6) is 0.463. The van der Waals surface area contributed by atoms with E-state index in [-0.39, 0.29) is 18.2 Å². The van der Waals surface area contributed by atoms with Gasteiger partial charge in [-0.25, -0.2) is 9.78 Å². The number of ether oxygens (including phenoxy) is 1. The average molecular weight is 433 g/mol. The predicted octanol–water partition coefficient (Wildman–Crippen LogP) is 4.92. The van der Waals surface area contributed by atoms with Gasteiger partial charge in [0.2, 0.25) is 0 Å². The maximum Gasteiger partial charge on any atom is 0.407 e. The highest BCUT2D eigenvalue weighted by molar-refractivity contribution is 7.97. The van der Waals surface area contributed by atoms with Crippen molar-refractivity contribution in [2.75, 3.05) is 12.3 Å². The number of anilines is 1. The van der Waals surface area contributed by atoms with E-state index >= 15 is 0 Å². The molecule has 0 saturated heterocycles. The first-order chi connectivity index (χ1) is 14.1. The summed E-state index contributed by atoms with van der Waals surface area (Å²) in [5.41, 5.74) is 7.93. The summed E-state index contributed by atoms with van der Waals surface area (Å²) in [5, 5.41) is 4.22. The van der Waals surface area contributed by atoms with Gasteiger partial charge in [0.25, 0.3) is 0 Å². The molecule has 0 spiro atoms. The largest absolute Gasteiger partial charge is 0.446 e. The van der Waals surface area contributed by atoms with Gasteiger partial charge in [-0.3, -0.25) is 4.72 Å². The summed E-state index contributed by atoms with van der Waals surface area (Å²) < 4.78 is 8.61. The molecule has 2 aromatic rings. The molecule has 4 N–H and O–H groups in total. The number of aromatic nitrogens is 1. The van der Waals surface area contributed by atoms with Gasteiger partial charge < -0.3 is 15.8 Å². The van der Waals surface area contributed by atoms with Crippen molar-refractivity contribution in [1.82, 2.24) is 15.0 Å². The summed E-state index contributed by atoms with van der Waals surface area (Å²) >= 11 is 3.38. The smallest absolute Gasteiger partial charge is 0.407 e. The first kappa shape index (κ1) is 20.5. The average Bonchev–Trinajstić information content (AvgIpc) is 3.39. The van der Waals surface area contributed by atoms with Gasteiger partial charge in [-0.15, -0.1) is 11.3 Å². The van der Waals surface area contributed by atoms with E-state index in [1.807, 2.05) is 18.3 Å². The Bertz CT molecular complexity index is 845. The lowest BCUT2D eigenvalue weighted by atomic mass is 9.86. The van der Waals surface area contributed by atoms with Crippen LogP contribution in [0.4, 0.5) is 10.5 Å². The van der Waals surface area contributed by atoms with Crippen molar-refractivity contribution in [3.05, 3.63) is 29.4 Å². The normalized spacial score (nSPS) is 21.7. The number of nitrogen functional groups attached to an aromatic ring is 1. The van der Waals surface area contributed by atoms with Crippen LogP contribution in [0, 0.1) is 0 Å². The number of hydrogen-bond donors (Lipinski definition) is 3. The third kappa shape index (κ3) is 5.43. The molecular formula is C21H28N4O2S2. The number of thiazole rings is 1. The minimum Gasteiger partial charge on any atom is -0.446 e. The standard InChI is InChI=1S/C21H28N4O2S2/c1-2-24-29-18-11-14(22)5-10-17(18)19-12-23-20(28-19)13-3-6-15(7-4-13)25-21(26)27-16-8-9-16/h5,10-13,15-16,24H,2-4,6-9,22H2,1H3,(H,25,26). The fourth-order valence-electron chi connectivity index (χ4n) is 3.60. The van der Waals surface area contributed by atoms with E-state index in [0.29, 0.717) is 5.92 Å². The topological polar surface area (TPSA) is 89.3 Å². The fraction of sp³-hybridized carbons (Fsp3) is 0.524. The summed E-state index contributed by atoms with van der Waals surface area (Å²) in [6, 6.07) is 6.26. The molecule has 29 heavy (non-hydrogen) atoms. The highest BCUT2D eigenvalue weighted by atomic mass is 32.2. The molecule has 2 fully saturated rings. The second-order valence-electron chi connectivity index (χ2n) is 7.72. The Balaban J connectivity index is 1.37. The molecule has 0 radical (unpaired) electrons. The molecule has 6 nitrogen and oxygen atoms in total. The minimum absolute atomic E-state index is 0.156. The first-order valence-electron chi connectivity index (χ1n) is 10.3. The van der Waals surface area contributed by atoms with E-state index in [1.54, 1.807) is 23.3 Å². The van der Waals surface area contributed by atoms with Crippen molar-refractivity contribution in [2.24, 2.45) is 0 Å². The number of nitrogens with zero attached hydrogens (tertiary/aromatic N) is 1. The predicted molar refractivity (Wildman–Crippen MR) is 119 cm³/mol. The molecule has 2 saturated carbocycles. The zero-order valence-corrected chi connectivity index (χ0v) is 18.3. The highest BCUT2D eigenvalue weighted by Crippen LogP contribution is 2.40. The van der Waals surface area contributed by atoms with E-state index in [9.17, 15) is 4.79 Å². The molecule has 0 unspecified atom stereocenters. The Hall–Kier alpha value is -1.77. The van der Waals surface area contributed by atoms with E-state index in [2.05, 4.69) is 23.0 Å². The summed E-state index contributed by atoms with van der Waals surface area (Å²) in [7, 11) is 0. The van der Waals surface area contributed by atoms with Gasteiger partial charge >= 0.3 is 6.09 Å². The molecule has 2 aliphatic carbocycles. The van der Waals surface area contributed by atoms with Gasteiger partial charge in [0.1, 0.15) is 6.10 Å². The lowest BCUT2D eigenvalue weighted by Crippen LogP contribution is -2.38. The molecule has 1 aromatic heterocycles. The number of carbonyl (C=O) groups is 1. The van der Waals surface area contributed by atoms with Crippen LogP contribution in [-0.4, -0.2) is 29.8 Å². The SMILES string of the molecule is CCNSc1cc(N)ccc1-c1cnc(C2CCC(NC(=O)OC3CC3)CC2)s1. The molecule has 0 bridgehead atoms. The van der Waals surface area contributed by atoms with Crippen LogP contribution in [0.2, 0.25) is 0 Å². The molecule has 2 aliphatic rings. The minimum atomic E-state index is -0.249. The fourth-order valence-corrected chi connectivity index (χ4v) is 5.57. The molecule has 8 heteroatoms. The van der Waals surface area contributed by atoms with Crippen LogP contribution in [0.3, 0.4) is 0 Å². The number of rotatable bonds is 7. The van der Waals surface area contributed by atoms with E-state index in [4.69, 9.17) is 15.5 Å². The highest BCUT2D eigenvalue weighted by Gasteiger charge is 2.29. The maximum atomic E-state index is 11.8. The summed E-state index contributed by atoms with van der Waals surface area (Å²) in [4.78, 5) is 18.9. The first-order valence-corrected chi connectivity index (χ1v) is 12.0. The molecule has 1 aromatic carbocycles. The molecule has 1 amide bonds. The second kappa shape index (κ2) is 9.36.